The van der Waals surface area contributed by atoms with Crippen molar-refractivity contribution in [3.63, 3.8) is 0 Å². The molecule has 0 aromatic carbocycles. The summed E-state index contributed by atoms with van der Waals surface area (Å²) in [5, 5.41) is 148. The zero-order valence-corrected chi connectivity index (χ0v) is 72.3. The fourth-order valence-electron chi connectivity index (χ4n) is 9.05. The molecule has 5 aliphatic heterocycles. The first-order valence-electron chi connectivity index (χ1n) is 30.6. The Balaban J connectivity index is 0. The van der Waals surface area contributed by atoms with Crippen LogP contribution in [0.5, 0.6) is 0 Å². The van der Waals surface area contributed by atoms with E-state index in [1.807, 2.05) is 19.1 Å². The van der Waals surface area contributed by atoms with E-state index in [1.54, 1.807) is 7.11 Å². The van der Waals surface area contributed by atoms with Gasteiger partial charge in [0.1, 0.15) is 110 Å². The van der Waals surface area contributed by atoms with Crippen molar-refractivity contribution in [3.8, 4) is 0 Å². The van der Waals surface area contributed by atoms with Crippen molar-refractivity contribution in [1.82, 2.24) is 24.4 Å². The minimum absolute atomic E-state index is 0. The summed E-state index contributed by atoms with van der Waals surface area (Å²) < 4.78 is 133. The third-order valence-corrected chi connectivity index (χ3v) is 19.8. The van der Waals surface area contributed by atoms with Crippen molar-refractivity contribution >= 4 is 59.2 Å². The molecule has 2 aromatic heterocycles. The molecule has 2 aromatic rings. The summed E-state index contributed by atoms with van der Waals surface area (Å²) in [6.45, 7) is -0.179. The molecule has 7 rings (SSSR count). The quantitative estimate of drug-likeness (QED) is 0.0140. The second-order valence-corrected chi connectivity index (χ2v) is 28.7. The molecular formula is C48H91BN7Na4O45P5+8. The second-order valence-electron chi connectivity index (χ2n) is 22.2. The van der Waals surface area contributed by atoms with Crippen LogP contribution in [0.2, 0.25) is 0 Å². The van der Waals surface area contributed by atoms with E-state index < -0.39 is 227 Å². The maximum Gasteiger partial charge on any atom is 1.00 e. The number of amides is 1. The molecule has 7 heterocycles. The Hall–Kier alpha value is 0.115. The minimum Gasteiger partial charge on any atom is 1.00 e. The van der Waals surface area contributed by atoms with Crippen LogP contribution in [0.4, 0.5) is 0 Å². The number of aliphatic carboxylic acids is 1. The molecule has 612 valence electrons. The number of methoxy groups -OCH3 is 2. The van der Waals surface area contributed by atoms with Crippen molar-refractivity contribution in [3.05, 3.63) is 66.2 Å². The largest absolute Gasteiger partial charge is 1.00 e. The smallest absolute Gasteiger partial charge is 1.00 e. The Kier molecular flexibility index (Phi) is 55.5. The molecule has 30 N–H and O–H groups in total. The molecule has 5 aliphatic rings. The first-order chi connectivity index (χ1) is 49.5. The Morgan fingerprint density at radius 2 is 0.855 bits per heavy atom. The van der Waals surface area contributed by atoms with Gasteiger partial charge in [0.15, 0.2) is 18.7 Å². The number of H-pyrrole nitrogens is 2. The Morgan fingerprint density at radius 3 is 1.22 bits per heavy atom. The van der Waals surface area contributed by atoms with Gasteiger partial charge in [-0.05, 0) is 0 Å². The van der Waals surface area contributed by atoms with Gasteiger partial charge in [-0.1, -0.05) is 8.62 Å². The normalized spacial score (nSPS) is 32.4. The van der Waals surface area contributed by atoms with Crippen LogP contribution in [0.1, 0.15) is 25.3 Å². The summed E-state index contributed by atoms with van der Waals surface area (Å²) in [4.78, 5) is 103. The minimum atomic E-state index is -5.36. The predicted octanol–water partition coefficient (Wildman–Crippen LogP) is -25.8. The zero-order chi connectivity index (χ0) is 80.4. The molecule has 5 saturated heterocycles. The number of aromatic nitrogens is 4. The number of nitrogens with two attached hydrogens (primary N) is 2. The SMILES string of the molecule is COCCOCCC(=O)NCC1O[C@H](OP(=O)([OH2+])OP(=O)([OH2+])OCC2OC(n3ccc(=O)[nH]c3=O)[C@H](O)[C@@H]2O)C(O)[C@@H](O)[C@H]1O.COCCOCCC(=O)O.NCC1OC(O)C(O)[C@@H](O)[C@H]1O.NCC1O[C@H](OP(=O)([OH2+])OP(=O)([OH2+])OCC2OC(n3ccc(=O)[nH]c3=O)[C@H](O)[C@@H]2O)C(O)[C@@H](O)[C@H]1O.O=BP.[Na+].[Na+].[Na+].[Na+]. The van der Waals surface area contributed by atoms with Crippen LogP contribution >= 0.6 is 40.4 Å². The van der Waals surface area contributed by atoms with Crippen molar-refractivity contribution < 1.29 is 316 Å². The van der Waals surface area contributed by atoms with E-state index in [0.29, 0.717) is 26.7 Å². The molecule has 0 radical (unpaired) electrons. The molecule has 62 heteroatoms. The van der Waals surface area contributed by atoms with E-state index in [2.05, 4.69) is 27.7 Å². The molecule has 110 heavy (non-hydrogen) atoms. The summed E-state index contributed by atoms with van der Waals surface area (Å²) >= 11 is 0. The van der Waals surface area contributed by atoms with Crippen LogP contribution in [0, 0.1) is 0 Å². The van der Waals surface area contributed by atoms with E-state index >= 15 is 0 Å². The van der Waals surface area contributed by atoms with Crippen molar-refractivity contribution in [2.75, 3.05) is 86.7 Å². The number of carboxylic acid groups (broad SMARTS) is 1. The molecule has 0 spiro atoms. The maximum atomic E-state index is 12.6. The van der Waals surface area contributed by atoms with Gasteiger partial charge in [-0.25, -0.2) is 27.7 Å². The summed E-state index contributed by atoms with van der Waals surface area (Å²) in [7, 11) is -16.0. The number of nitrogens with one attached hydrogen (secondary N) is 3. The number of carbonyl (C=O) groups excluding carboxylic acids is 1. The molecule has 16 unspecified atom stereocenters. The molecule has 1 amide bonds. The Bertz CT molecular complexity index is 3480. The number of ether oxygens (including phenoxy) is 9. The van der Waals surface area contributed by atoms with Gasteiger partial charge >= 0.3 is 188 Å². The fraction of sp³-hybridized carbons (Fsp3) is 0.792. The van der Waals surface area contributed by atoms with Gasteiger partial charge in [0.05, 0.1) is 59.3 Å². The number of aliphatic hydroxyl groups excluding tert-OH is 14. The predicted molar refractivity (Wildman–Crippen MR) is 347 cm³/mol. The summed E-state index contributed by atoms with van der Waals surface area (Å²) in [5.41, 5.74) is 7.10. The van der Waals surface area contributed by atoms with Crippen LogP contribution in [-0.2, 0) is 102 Å². The van der Waals surface area contributed by atoms with E-state index in [1.165, 1.54) is 7.11 Å². The monoisotopic (exact) mass is 1740 g/mol. The maximum absolute atomic E-state index is 12.6. The molecule has 52 nitrogen and oxygen atoms in total. The molecular weight excluding hydrogens is 1650 g/mol. The second kappa shape index (κ2) is 54.4. The molecule has 0 saturated carbocycles. The number of rotatable bonds is 32. The first-order valence-corrected chi connectivity index (χ1v) is 37.4. The summed E-state index contributed by atoms with van der Waals surface area (Å²) in [5.74, 6) is -1.37. The van der Waals surface area contributed by atoms with Crippen molar-refractivity contribution in [2.24, 2.45) is 11.5 Å². The van der Waals surface area contributed by atoms with Crippen LogP contribution in [0.15, 0.2) is 43.7 Å². The molecule has 0 aliphatic carbocycles. The van der Waals surface area contributed by atoms with Gasteiger partial charge in [0.2, 0.25) is 18.5 Å². The van der Waals surface area contributed by atoms with E-state index in [4.69, 9.17) is 103 Å². The van der Waals surface area contributed by atoms with Crippen LogP contribution < -0.4 is 158 Å². The van der Waals surface area contributed by atoms with Crippen LogP contribution in [0.25, 0.3) is 0 Å². The number of nitrogens with zero attached hydrogens (tertiary/aromatic N) is 2. The van der Waals surface area contributed by atoms with Gasteiger partial charge in [-0.15, -0.1) is 0 Å². The standard InChI is InChI=1S/C21H35N3O19P2.C15H25N3O16P2.C6H13NO5.C6H12O4.BH2OP.4Na/c1-37-6-7-38-5-3-12(25)22-8-10-14(27)16(29)18(31)20(41-10)42-45(35,36)43-44(33,34)39-9-11-15(28)17(30)19(40-11)24-4-2-13(26)23-21(24)32;16-3-5-8(20)10(22)12(24)14(32-5)33-36(28,29)34-35(26,27)30-4-6-9(21)11(23)13(31-6)18-2-1-7(19)17-15(18)25;7-1-2-3(8)4(9)5(10)6(11)12-2;1-9-4-5-10-3-2-6(7)8;2-1-3;;;;/h2,4,10-11,14-20,27-31H,3,5-9H2,1H3,(H,22,25)(H,33,34)(H,35,36)(H,23,26,32);1-2,5-6,8-14,20-24H,3-4,16H2,(H,26,27)(H,28,29)(H,17,19,25);2-6,8-11H,1,7H2;2-5H2,1H3,(H,7,8);3H2;;;;/q;;;;;4*+1/p+4/t10?,11?,14-,15+,16-,17+,18?,19?,20+;5?,6?,8-,9+,10-,11+,12?,13?,14+;2?,3-,4-,5?,6?;;;;;;/m000....../s1. The van der Waals surface area contributed by atoms with E-state index in [-0.39, 0.29) is 164 Å². The van der Waals surface area contributed by atoms with Crippen molar-refractivity contribution in [1.29, 1.82) is 0 Å². The summed E-state index contributed by atoms with van der Waals surface area (Å²) in [6.07, 6.45) is -35.9. The van der Waals surface area contributed by atoms with Crippen LogP contribution in [0.3, 0.4) is 0 Å². The van der Waals surface area contributed by atoms with Gasteiger partial charge in [0, 0.05) is 64.8 Å². The first kappa shape index (κ1) is 112. The Morgan fingerprint density at radius 1 is 0.509 bits per heavy atom. The fourth-order valence-corrected chi connectivity index (χ4v) is 13.6. The summed E-state index contributed by atoms with van der Waals surface area (Å²) in [6, 6.07) is 1.90. The third-order valence-electron chi connectivity index (χ3n) is 14.4. The van der Waals surface area contributed by atoms with Gasteiger partial charge in [0.25, 0.3) is 11.1 Å². The number of aliphatic hydroxyl groups is 14. The van der Waals surface area contributed by atoms with Crippen LogP contribution in [-0.4, -0.2) is 349 Å². The van der Waals surface area contributed by atoms with E-state index in [9.17, 15) is 103 Å². The molecule has 0 bridgehead atoms. The number of hydrogen-bond donors (Lipinski definition) is 20. The van der Waals surface area contributed by atoms with Gasteiger partial charge in [-0.2, -0.15) is 18.3 Å². The topological polar surface area (TPSA) is 827 Å². The average Bonchev–Trinajstić information content (AvgIpc) is 1.58. The Labute approximate surface area is 712 Å². The number of aromatic amines is 2. The third kappa shape index (κ3) is 37.0. The van der Waals surface area contributed by atoms with Gasteiger partial charge < -0.3 is 156 Å². The molecule has 28 atom stereocenters. The zero-order valence-electron chi connectivity index (χ0n) is 59.6. The number of hydrogen-bond acceptors (Lipinski definition) is 42. The number of carbonyl (C=O) groups is 2. The van der Waals surface area contributed by atoms with Gasteiger partial charge in [-0.3, -0.25) is 38.3 Å². The van der Waals surface area contributed by atoms with E-state index in [0.717, 1.165) is 33.7 Å². The number of carboxylic acids is 1. The molecule has 5 fully saturated rings. The average molecular weight is 1740 g/mol. The van der Waals surface area contributed by atoms with Crippen molar-refractivity contribution in [2.45, 2.75) is 154 Å².